The van der Waals surface area contributed by atoms with E-state index in [0.29, 0.717) is 15.6 Å². The van der Waals surface area contributed by atoms with E-state index in [1.54, 1.807) is 6.07 Å². The van der Waals surface area contributed by atoms with Crippen molar-refractivity contribution in [2.75, 3.05) is 6.54 Å². The summed E-state index contributed by atoms with van der Waals surface area (Å²) in [7, 11) is 0. The summed E-state index contributed by atoms with van der Waals surface area (Å²) in [5.74, 6) is 0. The minimum atomic E-state index is -0.641. The molecule has 2 heterocycles. The normalized spacial score (nSPS) is 18.8. The number of rotatable bonds is 3. The van der Waals surface area contributed by atoms with Crippen molar-refractivity contribution in [3.05, 3.63) is 64.1 Å². The second-order valence-corrected chi connectivity index (χ2v) is 7.59. The third-order valence-corrected chi connectivity index (χ3v) is 5.49. The molecular formula is C21H20Cl2N2O. The number of fused-ring (bicyclic) bond motifs is 1. The standard InChI is InChI=1S/C21H20Cl2N2O/c22-14-10-15-16(21(26)18-8-4-5-9-24-18)12-19(13-6-2-1-3-7-13)25-20(15)17(23)11-14/h1-3,6-7,10-12,18,21,24,26H,4-5,8-9H2/t18-,21-/m0/s1. The lowest BCUT2D eigenvalue weighted by molar-refractivity contribution is 0.115. The van der Waals surface area contributed by atoms with E-state index in [-0.39, 0.29) is 6.04 Å². The maximum absolute atomic E-state index is 11.1. The smallest absolute Gasteiger partial charge is 0.0950 e. The Morgan fingerprint density at radius 1 is 1.08 bits per heavy atom. The van der Waals surface area contributed by atoms with Crippen molar-refractivity contribution in [2.45, 2.75) is 31.4 Å². The van der Waals surface area contributed by atoms with Gasteiger partial charge in [0.1, 0.15) is 0 Å². The molecule has 26 heavy (non-hydrogen) atoms. The predicted molar refractivity (Wildman–Crippen MR) is 108 cm³/mol. The van der Waals surface area contributed by atoms with E-state index >= 15 is 0 Å². The van der Waals surface area contributed by atoms with Gasteiger partial charge in [-0.25, -0.2) is 4.98 Å². The molecule has 0 bridgehead atoms. The van der Waals surface area contributed by atoms with Gasteiger partial charge < -0.3 is 10.4 Å². The third-order valence-electron chi connectivity index (χ3n) is 4.98. The van der Waals surface area contributed by atoms with Gasteiger partial charge in [-0.05, 0) is 43.1 Å². The van der Waals surface area contributed by atoms with Crippen LogP contribution in [0.1, 0.15) is 30.9 Å². The van der Waals surface area contributed by atoms with Crippen LogP contribution in [-0.4, -0.2) is 22.7 Å². The van der Waals surface area contributed by atoms with Crippen molar-refractivity contribution in [3.63, 3.8) is 0 Å². The van der Waals surface area contributed by atoms with E-state index in [2.05, 4.69) is 5.32 Å². The van der Waals surface area contributed by atoms with Crippen LogP contribution in [-0.2, 0) is 0 Å². The molecule has 1 aliphatic rings. The summed E-state index contributed by atoms with van der Waals surface area (Å²) in [5.41, 5.74) is 3.28. The van der Waals surface area contributed by atoms with Crippen LogP contribution in [0.4, 0.5) is 0 Å². The summed E-state index contributed by atoms with van der Waals surface area (Å²) in [4.78, 5) is 4.75. The van der Waals surface area contributed by atoms with Gasteiger partial charge in [-0.1, -0.05) is 60.0 Å². The fraction of sp³-hybridized carbons (Fsp3) is 0.286. The molecule has 2 atom stereocenters. The molecule has 2 aromatic carbocycles. The molecule has 0 spiro atoms. The number of piperidine rings is 1. The molecule has 1 saturated heterocycles. The van der Waals surface area contributed by atoms with Crippen LogP contribution in [0.3, 0.4) is 0 Å². The van der Waals surface area contributed by atoms with Gasteiger partial charge in [0.25, 0.3) is 0 Å². The molecule has 1 aromatic heterocycles. The van der Waals surface area contributed by atoms with Crippen LogP contribution in [0.15, 0.2) is 48.5 Å². The molecule has 0 aliphatic carbocycles. The van der Waals surface area contributed by atoms with Crippen molar-refractivity contribution >= 4 is 34.1 Å². The first-order chi connectivity index (χ1) is 12.6. The lowest BCUT2D eigenvalue weighted by atomic mass is 9.92. The Labute approximate surface area is 163 Å². The zero-order chi connectivity index (χ0) is 18.1. The second-order valence-electron chi connectivity index (χ2n) is 6.75. The van der Waals surface area contributed by atoms with Crippen LogP contribution in [0, 0.1) is 0 Å². The van der Waals surface area contributed by atoms with Crippen molar-refractivity contribution in [3.8, 4) is 11.3 Å². The second kappa shape index (κ2) is 7.53. The average Bonchev–Trinajstić information content (AvgIpc) is 2.68. The van der Waals surface area contributed by atoms with Crippen LogP contribution in [0.25, 0.3) is 22.2 Å². The Kier molecular flexibility index (Phi) is 5.14. The molecule has 134 valence electrons. The topological polar surface area (TPSA) is 45.2 Å². The van der Waals surface area contributed by atoms with Gasteiger partial charge in [0.15, 0.2) is 0 Å². The van der Waals surface area contributed by atoms with E-state index < -0.39 is 6.10 Å². The highest BCUT2D eigenvalue weighted by Gasteiger charge is 2.25. The van der Waals surface area contributed by atoms with Crippen molar-refractivity contribution in [1.29, 1.82) is 0 Å². The largest absolute Gasteiger partial charge is 0.387 e. The summed E-state index contributed by atoms with van der Waals surface area (Å²) in [6.45, 7) is 0.928. The highest BCUT2D eigenvalue weighted by atomic mass is 35.5. The van der Waals surface area contributed by atoms with Crippen molar-refractivity contribution in [2.24, 2.45) is 0 Å². The quantitative estimate of drug-likeness (QED) is 0.634. The molecule has 1 aliphatic heterocycles. The fourth-order valence-electron chi connectivity index (χ4n) is 3.64. The molecule has 0 unspecified atom stereocenters. The Balaban J connectivity index is 1.90. The first kappa shape index (κ1) is 17.7. The number of nitrogens with one attached hydrogen (secondary N) is 1. The van der Waals surface area contributed by atoms with E-state index in [9.17, 15) is 5.11 Å². The number of hydrogen-bond donors (Lipinski definition) is 2. The van der Waals surface area contributed by atoms with Crippen molar-refractivity contribution < 1.29 is 5.11 Å². The monoisotopic (exact) mass is 386 g/mol. The maximum Gasteiger partial charge on any atom is 0.0950 e. The number of aromatic nitrogens is 1. The van der Waals surface area contributed by atoms with Crippen LogP contribution < -0.4 is 5.32 Å². The molecule has 5 heteroatoms. The summed E-state index contributed by atoms with van der Waals surface area (Å²) in [6, 6.07) is 15.5. The zero-order valence-corrected chi connectivity index (χ0v) is 15.8. The minimum absolute atomic E-state index is 0.0238. The molecule has 4 rings (SSSR count). The fourth-order valence-corrected chi connectivity index (χ4v) is 4.18. The number of pyridine rings is 1. The Morgan fingerprint density at radius 3 is 2.62 bits per heavy atom. The minimum Gasteiger partial charge on any atom is -0.387 e. The van der Waals surface area contributed by atoms with Gasteiger partial charge in [0.05, 0.1) is 22.3 Å². The average molecular weight is 387 g/mol. The van der Waals surface area contributed by atoms with E-state index in [1.165, 1.54) is 0 Å². The van der Waals surface area contributed by atoms with E-state index in [4.69, 9.17) is 28.2 Å². The summed E-state index contributed by atoms with van der Waals surface area (Å²) in [6.07, 6.45) is 2.57. The molecule has 0 radical (unpaired) electrons. The Morgan fingerprint density at radius 2 is 1.88 bits per heavy atom. The Hall–Kier alpha value is -1.65. The van der Waals surface area contributed by atoms with Crippen LogP contribution in [0.2, 0.25) is 10.0 Å². The highest BCUT2D eigenvalue weighted by Crippen LogP contribution is 2.36. The SMILES string of the molecule is O[C@@H](c1cc(-c2ccccc2)nc2c(Cl)cc(Cl)cc12)[C@@H]1CCCCN1. The van der Waals surface area contributed by atoms with E-state index in [1.807, 2.05) is 42.5 Å². The highest BCUT2D eigenvalue weighted by molar-refractivity contribution is 6.38. The lowest BCUT2D eigenvalue weighted by Crippen LogP contribution is -2.38. The lowest BCUT2D eigenvalue weighted by Gasteiger charge is -2.29. The third kappa shape index (κ3) is 3.45. The van der Waals surface area contributed by atoms with Gasteiger partial charge in [-0.15, -0.1) is 0 Å². The number of halogens is 2. The summed E-state index contributed by atoms with van der Waals surface area (Å²) < 4.78 is 0. The van der Waals surface area contributed by atoms with Gasteiger partial charge in [0, 0.05) is 22.0 Å². The molecule has 2 N–H and O–H groups in total. The van der Waals surface area contributed by atoms with Crippen LogP contribution >= 0.6 is 23.2 Å². The van der Waals surface area contributed by atoms with Crippen LogP contribution in [0.5, 0.6) is 0 Å². The molecule has 0 amide bonds. The first-order valence-electron chi connectivity index (χ1n) is 8.90. The van der Waals surface area contributed by atoms with Gasteiger partial charge >= 0.3 is 0 Å². The van der Waals surface area contributed by atoms with Gasteiger partial charge in [-0.2, -0.15) is 0 Å². The van der Waals surface area contributed by atoms with Gasteiger partial charge in [-0.3, -0.25) is 0 Å². The molecule has 1 fully saturated rings. The predicted octanol–water partition coefficient (Wildman–Crippen LogP) is 5.38. The maximum atomic E-state index is 11.1. The van der Waals surface area contributed by atoms with E-state index in [0.717, 1.165) is 48.0 Å². The summed E-state index contributed by atoms with van der Waals surface area (Å²) >= 11 is 12.7. The molecule has 0 saturated carbocycles. The first-order valence-corrected chi connectivity index (χ1v) is 9.65. The molecular weight excluding hydrogens is 367 g/mol. The number of aliphatic hydroxyl groups is 1. The summed E-state index contributed by atoms with van der Waals surface area (Å²) in [5, 5.41) is 16.4. The number of aliphatic hydroxyl groups excluding tert-OH is 1. The Bertz CT molecular complexity index is 924. The molecule has 3 aromatic rings. The zero-order valence-electron chi connectivity index (χ0n) is 14.3. The van der Waals surface area contributed by atoms with Crippen molar-refractivity contribution in [1.82, 2.24) is 10.3 Å². The number of hydrogen-bond acceptors (Lipinski definition) is 3. The molecule has 3 nitrogen and oxygen atoms in total. The van der Waals surface area contributed by atoms with Gasteiger partial charge in [0.2, 0.25) is 0 Å². The number of nitrogens with zero attached hydrogens (tertiary/aromatic N) is 1. The number of benzene rings is 2.